The molecule has 4 nitrogen and oxygen atoms in total. The number of hydrogen-bond donors (Lipinski definition) is 2. The molecule has 16 heavy (non-hydrogen) atoms. The van der Waals surface area contributed by atoms with Gasteiger partial charge in [-0.15, -0.1) is 0 Å². The molecule has 7 heteroatoms. The average molecular weight is 326 g/mol. The van der Waals surface area contributed by atoms with E-state index in [-0.39, 0.29) is 17.1 Å². The summed E-state index contributed by atoms with van der Waals surface area (Å²) in [5, 5.41) is 0.312. The summed E-state index contributed by atoms with van der Waals surface area (Å²) >= 11 is 8.76. The summed E-state index contributed by atoms with van der Waals surface area (Å²) in [6.45, 7) is 3.62. The Morgan fingerprint density at radius 3 is 2.75 bits per heavy atom. The highest BCUT2D eigenvalue weighted by molar-refractivity contribution is 9.11. The number of benzene rings is 1. The summed E-state index contributed by atoms with van der Waals surface area (Å²) < 4.78 is 26.5. The van der Waals surface area contributed by atoms with Crippen LogP contribution in [0.15, 0.2) is 34.2 Å². The van der Waals surface area contributed by atoms with Crippen LogP contribution in [0.1, 0.15) is 0 Å². The Morgan fingerprint density at radius 2 is 2.19 bits per heavy atom. The largest absolute Gasteiger partial charge is 0.398 e. The minimum absolute atomic E-state index is 0.0336. The third kappa shape index (κ3) is 3.48. The second-order valence-electron chi connectivity index (χ2n) is 3.02. The molecule has 0 radical (unpaired) electrons. The van der Waals surface area contributed by atoms with Crippen LogP contribution in [0.2, 0.25) is 5.02 Å². The maximum absolute atomic E-state index is 11.8. The summed E-state index contributed by atoms with van der Waals surface area (Å²) in [6, 6.07) is 4.27. The number of nitrogen functional groups attached to an aromatic ring is 1. The molecule has 0 spiro atoms. The highest BCUT2D eigenvalue weighted by Crippen LogP contribution is 2.22. The van der Waals surface area contributed by atoms with Gasteiger partial charge < -0.3 is 5.73 Å². The molecule has 0 heterocycles. The Balaban J connectivity index is 3.07. The summed E-state index contributed by atoms with van der Waals surface area (Å²) in [7, 11) is -3.66. The standard InChI is InChI=1S/C9H10BrClN2O2S/c1-6(10)5-13-16(14,15)9-4-7(11)2-3-8(9)12/h2-4,13H,1,5,12H2. The molecule has 0 aliphatic carbocycles. The van der Waals surface area contributed by atoms with Crippen LogP contribution in [-0.4, -0.2) is 15.0 Å². The molecule has 88 valence electrons. The number of sulfonamides is 1. The van der Waals surface area contributed by atoms with Gasteiger partial charge in [0.25, 0.3) is 0 Å². The van der Waals surface area contributed by atoms with Crippen LogP contribution in [0.4, 0.5) is 5.69 Å². The molecule has 0 saturated carbocycles. The Morgan fingerprint density at radius 1 is 1.56 bits per heavy atom. The molecule has 1 rings (SSSR count). The number of nitrogens with one attached hydrogen (secondary N) is 1. The molecule has 1 aromatic carbocycles. The van der Waals surface area contributed by atoms with Crippen molar-refractivity contribution in [2.24, 2.45) is 0 Å². The van der Waals surface area contributed by atoms with Crippen LogP contribution in [0, 0.1) is 0 Å². The van der Waals surface area contributed by atoms with E-state index in [0.717, 1.165) is 0 Å². The average Bonchev–Trinajstić information content (AvgIpc) is 2.19. The minimum atomic E-state index is -3.66. The zero-order valence-corrected chi connectivity index (χ0v) is 11.4. The van der Waals surface area contributed by atoms with Crippen LogP contribution in [-0.2, 0) is 10.0 Å². The Bertz CT molecular complexity index is 516. The lowest BCUT2D eigenvalue weighted by atomic mass is 10.3. The summed E-state index contributed by atoms with van der Waals surface area (Å²) in [5.74, 6) is 0. The molecule has 0 saturated heterocycles. The number of halogens is 2. The van der Waals surface area contributed by atoms with Gasteiger partial charge in [-0.05, 0) is 18.2 Å². The zero-order valence-electron chi connectivity index (χ0n) is 8.20. The lowest BCUT2D eigenvalue weighted by Gasteiger charge is -2.08. The molecule has 0 aromatic heterocycles. The molecule has 0 aliphatic rings. The molecular weight excluding hydrogens is 316 g/mol. The van der Waals surface area contributed by atoms with E-state index in [0.29, 0.717) is 9.51 Å². The third-order valence-corrected chi connectivity index (χ3v) is 3.69. The Labute approximate surface area is 108 Å². The smallest absolute Gasteiger partial charge is 0.242 e. The van der Waals surface area contributed by atoms with Gasteiger partial charge in [0.2, 0.25) is 10.0 Å². The van der Waals surface area contributed by atoms with Gasteiger partial charge in [-0.1, -0.05) is 34.1 Å². The predicted octanol–water partition coefficient (Wildman–Crippen LogP) is 2.11. The lowest BCUT2D eigenvalue weighted by molar-refractivity contribution is 0.586. The highest BCUT2D eigenvalue weighted by atomic mass is 79.9. The lowest BCUT2D eigenvalue weighted by Crippen LogP contribution is -2.25. The fourth-order valence-corrected chi connectivity index (χ4v) is 2.73. The Hall–Kier alpha value is -0.560. The van der Waals surface area contributed by atoms with Gasteiger partial charge in [0.05, 0.1) is 5.69 Å². The second-order valence-corrected chi connectivity index (χ2v) is 6.32. The number of hydrogen-bond acceptors (Lipinski definition) is 3. The monoisotopic (exact) mass is 324 g/mol. The van der Waals surface area contributed by atoms with Gasteiger partial charge in [-0.2, -0.15) is 0 Å². The molecular formula is C9H10BrClN2O2S. The SMILES string of the molecule is C=C(Br)CNS(=O)(=O)c1cc(Cl)ccc1N. The van der Waals surface area contributed by atoms with Crippen molar-refractivity contribution in [3.63, 3.8) is 0 Å². The quantitative estimate of drug-likeness (QED) is 0.833. The fourth-order valence-electron chi connectivity index (χ4n) is 0.992. The molecule has 1 aromatic rings. The van der Waals surface area contributed by atoms with E-state index in [1.54, 1.807) is 0 Å². The van der Waals surface area contributed by atoms with E-state index in [1.165, 1.54) is 18.2 Å². The van der Waals surface area contributed by atoms with E-state index in [1.807, 2.05) is 0 Å². The minimum Gasteiger partial charge on any atom is -0.398 e. The third-order valence-electron chi connectivity index (χ3n) is 1.72. The summed E-state index contributed by atoms with van der Waals surface area (Å²) in [6.07, 6.45) is 0. The van der Waals surface area contributed by atoms with Crippen molar-refractivity contribution in [2.75, 3.05) is 12.3 Å². The second kappa shape index (κ2) is 5.18. The van der Waals surface area contributed by atoms with Crippen LogP contribution < -0.4 is 10.5 Å². The van der Waals surface area contributed by atoms with Crippen molar-refractivity contribution in [1.29, 1.82) is 0 Å². The van der Waals surface area contributed by atoms with E-state index >= 15 is 0 Å². The molecule has 0 aliphatic heterocycles. The van der Waals surface area contributed by atoms with Gasteiger partial charge >= 0.3 is 0 Å². The molecule has 0 fully saturated rings. The van der Waals surface area contributed by atoms with E-state index in [2.05, 4.69) is 27.2 Å². The molecule has 0 unspecified atom stereocenters. The number of anilines is 1. The topological polar surface area (TPSA) is 72.2 Å². The molecule has 3 N–H and O–H groups in total. The first-order chi connectivity index (χ1) is 7.33. The number of rotatable bonds is 4. The van der Waals surface area contributed by atoms with E-state index in [9.17, 15) is 8.42 Å². The summed E-state index contributed by atoms with van der Waals surface area (Å²) in [4.78, 5) is -0.0336. The number of nitrogens with two attached hydrogens (primary N) is 1. The van der Waals surface area contributed by atoms with E-state index in [4.69, 9.17) is 17.3 Å². The van der Waals surface area contributed by atoms with Gasteiger partial charge in [0.1, 0.15) is 4.90 Å². The highest BCUT2D eigenvalue weighted by Gasteiger charge is 2.17. The van der Waals surface area contributed by atoms with Crippen molar-refractivity contribution in [3.8, 4) is 0 Å². The van der Waals surface area contributed by atoms with Gasteiger partial charge in [0.15, 0.2) is 0 Å². The van der Waals surface area contributed by atoms with Crippen molar-refractivity contribution in [1.82, 2.24) is 4.72 Å². The van der Waals surface area contributed by atoms with Crippen LogP contribution in [0.5, 0.6) is 0 Å². The normalized spacial score (nSPS) is 11.4. The first kappa shape index (κ1) is 13.5. The van der Waals surface area contributed by atoms with Crippen LogP contribution >= 0.6 is 27.5 Å². The van der Waals surface area contributed by atoms with Crippen molar-refractivity contribution < 1.29 is 8.42 Å². The van der Waals surface area contributed by atoms with E-state index < -0.39 is 10.0 Å². The maximum Gasteiger partial charge on any atom is 0.242 e. The summed E-state index contributed by atoms with van der Waals surface area (Å²) in [5.41, 5.74) is 5.72. The first-order valence-electron chi connectivity index (χ1n) is 4.21. The molecule has 0 bridgehead atoms. The predicted molar refractivity (Wildman–Crippen MR) is 69.1 cm³/mol. The zero-order chi connectivity index (χ0) is 12.3. The molecule has 0 amide bonds. The molecule has 0 atom stereocenters. The van der Waals surface area contributed by atoms with Gasteiger partial charge in [0, 0.05) is 16.0 Å². The first-order valence-corrected chi connectivity index (χ1v) is 6.86. The maximum atomic E-state index is 11.8. The van der Waals surface area contributed by atoms with Gasteiger partial charge in [-0.25, -0.2) is 13.1 Å². The Kier molecular flexibility index (Phi) is 4.37. The van der Waals surface area contributed by atoms with Gasteiger partial charge in [-0.3, -0.25) is 0 Å². The van der Waals surface area contributed by atoms with Crippen molar-refractivity contribution >= 4 is 43.2 Å². The van der Waals surface area contributed by atoms with Crippen molar-refractivity contribution in [2.45, 2.75) is 4.90 Å². The van der Waals surface area contributed by atoms with Crippen LogP contribution in [0.3, 0.4) is 0 Å². The van der Waals surface area contributed by atoms with Crippen molar-refractivity contribution in [3.05, 3.63) is 34.3 Å². The van der Waals surface area contributed by atoms with Crippen LogP contribution in [0.25, 0.3) is 0 Å². The fraction of sp³-hybridized carbons (Fsp3) is 0.111.